The first kappa shape index (κ1) is 27.9. The summed E-state index contributed by atoms with van der Waals surface area (Å²) in [6.07, 6.45) is 0. The normalized spacial score (nSPS) is 11.7. The van der Waals surface area contributed by atoms with E-state index in [1.54, 1.807) is 0 Å². The van der Waals surface area contributed by atoms with E-state index in [4.69, 9.17) is 4.42 Å². The molecule has 3 heteroatoms. The lowest BCUT2D eigenvalue weighted by molar-refractivity contribution is 0.670. The molecule has 0 unspecified atom stereocenters. The zero-order valence-electron chi connectivity index (χ0n) is 26.5. The van der Waals surface area contributed by atoms with Gasteiger partial charge in [0.2, 0.25) is 0 Å². The molecular weight excluding hydrogens is 615 g/mol. The van der Waals surface area contributed by atoms with Crippen LogP contribution in [-0.2, 0) is 0 Å². The summed E-state index contributed by atoms with van der Waals surface area (Å²) in [5.74, 6) is 0. The Labute approximate surface area is 287 Å². The number of thiophene rings is 1. The van der Waals surface area contributed by atoms with Crippen LogP contribution in [0.4, 0.5) is 17.1 Å². The van der Waals surface area contributed by atoms with Crippen molar-refractivity contribution in [3.05, 3.63) is 176 Å². The Morgan fingerprint density at radius 3 is 2.04 bits per heavy atom. The summed E-state index contributed by atoms with van der Waals surface area (Å²) in [7, 11) is 0. The van der Waals surface area contributed by atoms with E-state index in [0.717, 1.165) is 61.3 Å². The third-order valence-electron chi connectivity index (χ3n) is 9.65. The predicted molar refractivity (Wildman–Crippen MR) is 210 cm³/mol. The van der Waals surface area contributed by atoms with E-state index in [1.807, 2.05) is 17.4 Å². The third kappa shape index (κ3) is 4.55. The predicted octanol–water partition coefficient (Wildman–Crippen LogP) is 13.9. The minimum Gasteiger partial charge on any atom is -0.455 e. The van der Waals surface area contributed by atoms with Gasteiger partial charge in [-0.25, -0.2) is 0 Å². The first-order valence-electron chi connectivity index (χ1n) is 16.6. The number of nitrogens with zero attached hydrogens (tertiary/aromatic N) is 1. The van der Waals surface area contributed by atoms with Crippen LogP contribution in [0.5, 0.6) is 0 Å². The first-order chi connectivity index (χ1) is 24.3. The summed E-state index contributed by atoms with van der Waals surface area (Å²) < 4.78 is 9.13. The highest BCUT2D eigenvalue weighted by molar-refractivity contribution is 7.26. The van der Waals surface area contributed by atoms with Gasteiger partial charge in [-0.1, -0.05) is 127 Å². The number of anilines is 3. The van der Waals surface area contributed by atoms with Crippen molar-refractivity contribution >= 4 is 81.3 Å². The molecule has 0 N–H and O–H groups in total. The zero-order valence-corrected chi connectivity index (χ0v) is 27.3. The summed E-state index contributed by atoms with van der Waals surface area (Å²) in [4.78, 5) is 2.44. The lowest BCUT2D eigenvalue weighted by Gasteiger charge is -2.28. The molecule has 0 aliphatic rings. The van der Waals surface area contributed by atoms with Gasteiger partial charge in [-0.15, -0.1) is 11.3 Å². The van der Waals surface area contributed by atoms with Crippen molar-refractivity contribution in [3.63, 3.8) is 0 Å². The second kappa shape index (κ2) is 11.2. The monoisotopic (exact) mass is 643 g/mol. The van der Waals surface area contributed by atoms with Crippen LogP contribution < -0.4 is 4.90 Å². The van der Waals surface area contributed by atoms with Crippen molar-refractivity contribution in [3.8, 4) is 22.3 Å². The highest BCUT2D eigenvalue weighted by Gasteiger charge is 2.22. The first-order valence-corrected chi connectivity index (χ1v) is 17.4. The molecule has 0 spiro atoms. The molecule has 0 fully saturated rings. The van der Waals surface area contributed by atoms with E-state index < -0.39 is 0 Å². The molecule has 2 aromatic heterocycles. The van der Waals surface area contributed by atoms with Crippen LogP contribution in [0.25, 0.3) is 75.1 Å². The maximum absolute atomic E-state index is 6.56. The van der Waals surface area contributed by atoms with Crippen molar-refractivity contribution in [2.75, 3.05) is 4.90 Å². The molecule has 2 nitrogen and oxygen atoms in total. The molecule has 49 heavy (non-hydrogen) atoms. The van der Waals surface area contributed by atoms with E-state index in [0.29, 0.717) is 0 Å². The number of fused-ring (bicyclic) bond motifs is 7. The average Bonchev–Trinajstić information content (AvgIpc) is 3.74. The maximum Gasteiger partial charge on any atom is 0.143 e. The average molecular weight is 644 g/mol. The molecule has 0 bridgehead atoms. The maximum atomic E-state index is 6.56. The van der Waals surface area contributed by atoms with E-state index in [9.17, 15) is 0 Å². The number of rotatable bonds is 5. The van der Waals surface area contributed by atoms with Gasteiger partial charge in [0.25, 0.3) is 0 Å². The van der Waals surface area contributed by atoms with Crippen LogP contribution in [0.3, 0.4) is 0 Å². The van der Waals surface area contributed by atoms with Gasteiger partial charge < -0.3 is 9.32 Å². The molecule has 0 saturated heterocycles. The van der Waals surface area contributed by atoms with Crippen molar-refractivity contribution in [2.45, 2.75) is 0 Å². The standard InChI is InChI=1S/C46H29NOS/c1-2-13-31(14-3-1)40-29-34(26-27-35(40)37-18-10-19-38-36-16-6-8-21-42(36)48-46(37)38)47(33-25-24-30-12-4-5-15-32(30)28-33)41-20-11-23-44-45(41)39-17-7-9-22-43(39)49-44/h1-29H. The third-order valence-corrected chi connectivity index (χ3v) is 10.8. The van der Waals surface area contributed by atoms with Gasteiger partial charge in [-0.2, -0.15) is 0 Å². The van der Waals surface area contributed by atoms with Crippen LogP contribution >= 0.6 is 11.3 Å². The molecule has 0 amide bonds. The van der Waals surface area contributed by atoms with Gasteiger partial charge in [-0.05, 0) is 76.0 Å². The molecule has 0 aliphatic heterocycles. The minimum absolute atomic E-state index is 0.904. The molecule has 0 atom stereocenters. The summed E-state index contributed by atoms with van der Waals surface area (Å²) in [5, 5.41) is 7.25. The molecule has 0 radical (unpaired) electrons. The molecule has 0 aliphatic carbocycles. The van der Waals surface area contributed by atoms with Gasteiger partial charge in [0, 0.05) is 47.9 Å². The fraction of sp³-hybridized carbons (Fsp3) is 0. The van der Waals surface area contributed by atoms with Crippen LogP contribution in [0.15, 0.2) is 180 Å². The van der Waals surface area contributed by atoms with E-state index in [1.165, 1.54) is 30.9 Å². The van der Waals surface area contributed by atoms with Gasteiger partial charge in [-0.3, -0.25) is 0 Å². The Morgan fingerprint density at radius 1 is 0.429 bits per heavy atom. The summed E-state index contributed by atoms with van der Waals surface area (Å²) >= 11 is 1.85. The van der Waals surface area contributed by atoms with Gasteiger partial charge >= 0.3 is 0 Å². The SMILES string of the molecule is c1ccc(-c2cc(N(c3ccc4ccccc4c3)c3cccc4sc5ccccc5c34)ccc2-c2cccc3c2oc2ccccc23)cc1. The Hall–Kier alpha value is -6.16. The van der Waals surface area contributed by atoms with Crippen LogP contribution in [0, 0.1) is 0 Å². The highest BCUT2D eigenvalue weighted by atomic mass is 32.1. The molecular formula is C46H29NOS. The van der Waals surface area contributed by atoms with E-state index in [-0.39, 0.29) is 0 Å². The number of hydrogen-bond donors (Lipinski definition) is 0. The van der Waals surface area contributed by atoms with Gasteiger partial charge in [0.05, 0.1) is 5.69 Å². The Bertz CT molecular complexity index is 2840. The summed E-state index contributed by atoms with van der Waals surface area (Å²) in [5.41, 5.74) is 9.72. The van der Waals surface area contributed by atoms with E-state index >= 15 is 0 Å². The molecule has 2 heterocycles. The largest absolute Gasteiger partial charge is 0.455 e. The molecule has 10 rings (SSSR count). The molecule has 10 aromatic rings. The Kier molecular flexibility index (Phi) is 6.39. The Morgan fingerprint density at radius 2 is 1.12 bits per heavy atom. The fourth-order valence-electron chi connectivity index (χ4n) is 7.41. The fourth-order valence-corrected chi connectivity index (χ4v) is 8.53. The summed E-state index contributed by atoms with van der Waals surface area (Å²) in [6, 6.07) is 63.3. The van der Waals surface area contributed by atoms with Crippen LogP contribution in [-0.4, -0.2) is 0 Å². The quantitative estimate of drug-likeness (QED) is 0.186. The van der Waals surface area contributed by atoms with Gasteiger partial charge in [0.15, 0.2) is 0 Å². The molecule has 230 valence electrons. The van der Waals surface area contributed by atoms with Crippen LogP contribution in [0.2, 0.25) is 0 Å². The van der Waals surface area contributed by atoms with Crippen molar-refractivity contribution in [1.29, 1.82) is 0 Å². The Balaban J connectivity index is 1.26. The number of benzene rings is 8. The van der Waals surface area contributed by atoms with Crippen molar-refractivity contribution in [2.24, 2.45) is 0 Å². The van der Waals surface area contributed by atoms with E-state index in [2.05, 4.69) is 175 Å². The second-order valence-electron chi connectivity index (χ2n) is 12.5. The number of hydrogen-bond acceptors (Lipinski definition) is 3. The van der Waals surface area contributed by atoms with Crippen molar-refractivity contribution < 1.29 is 4.42 Å². The minimum atomic E-state index is 0.904. The van der Waals surface area contributed by atoms with Gasteiger partial charge in [0.1, 0.15) is 11.2 Å². The number of furan rings is 1. The second-order valence-corrected chi connectivity index (χ2v) is 13.6. The number of para-hydroxylation sites is 2. The lowest BCUT2D eigenvalue weighted by atomic mass is 9.92. The zero-order chi connectivity index (χ0) is 32.3. The van der Waals surface area contributed by atoms with Crippen molar-refractivity contribution in [1.82, 2.24) is 0 Å². The topological polar surface area (TPSA) is 16.4 Å². The van der Waals surface area contributed by atoms with Crippen LogP contribution in [0.1, 0.15) is 0 Å². The smallest absolute Gasteiger partial charge is 0.143 e. The molecule has 8 aromatic carbocycles. The summed E-state index contributed by atoms with van der Waals surface area (Å²) in [6.45, 7) is 0. The lowest BCUT2D eigenvalue weighted by Crippen LogP contribution is -2.10. The highest BCUT2D eigenvalue weighted by Crippen LogP contribution is 2.47. The molecule has 0 saturated carbocycles.